The molecule has 182 valence electrons. The van der Waals surface area contributed by atoms with Crippen molar-refractivity contribution < 1.29 is 9.13 Å². The van der Waals surface area contributed by atoms with Gasteiger partial charge in [-0.1, -0.05) is 11.6 Å². The van der Waals surface area contributed by atoms with Gasteiger partial charge in [0.25, 0.3) is 0 Å². The van der Waals surface area contributed by atoms with Crippen LogP contribution in [-0.4, -0.2) is 76.3 Å². The molecule has 3 fully saturated rings. The van der Waals surface area contributed by atoms with E-state index in [0.717, 1.165) is 55.0 Å². The maximum Gasteiger partial charge on any atom is 0.231 e. The summed E-state index contributed by atoms with van der Waals surface area (Å²) in [6, 6.07) is 10.1. The van der Waals surface area contributed by atoms with Crippen LogP contribution in [0.15, 0.2) is 36.5 Å². The van der Waals surface area contributed by atoms with Crippen LogP contribution in [0.5, 0.6) is 0 Å². The molecule has 0 saturated carbocycles. The van der Waals surface area contributed by atoms with E-state index in [9.17, 15) is 4.39 Å². The summed E-state index contributed by atoms with van der Waals surface area (Å²) in [5.74, 6) is 2.73. The third kappa shape index (κ3) is 3.59. The van der Waals surface area contributed by atoms with Gasteiger partial charge in [-0.2, -0.15) is 0 Å². The van der Waals surface area contributed by atoms with E-state index >= 15 is 0 Å². The van der Waals surface area contributed by atoms with E-state index < -0.39 is 5.67 Å². The van der Waals surface area contributed by atoms with E-state index in [1.165, 1.54) is 5.56 Å². The predicted octanol–water partition coefficient (Wildman–Crippen LogP) is 3.00. The second-order valence-corrected chi connectivity index (χ2v) is 11.2. The van der Waals surface area contributed by atoms with Crippen molar-refractivity contribution >= 4 is 23.4 Å². The Bertz CT molecular complexity index is 1290. The minimum Gasteiger partial charge on any atom is -0.375 e. The van der Waals surface area contributed by atoms with Crippen LogP contribution in [0.3, 0.4) is 0 Å². The number of pyridine rings is 1. The Balaban J connectivity index is 1.13. The minimum absolute atomic E-state index is 0.148. The van der Waals surface area contributed by atoms with Gasteiger partial charge in [0.1, 0.15) is 5.82 Å². The molecule has 2 aromatic heterocycles. The lowest BCUT2D eigenvalue weighted by Gasteiger charge is -2.60. The quantitative estimate of drug-likeness (QED) is 0.551. The molecule has 0 bridgehead atoms. The van der Waals surface area contributed by atoms with E-state index in [1.54, 1.807) is 0 Å². The van der Waals surface area contributed by atoms with Gasteiger partial charge < -0.3 is 14.5 Å². The van der Waals surface area contributed by atoms with Crippen molar-refractivity contribution in [1.82, 2.24) is 24.6 Å². The van der Waals surface area contributed by atoms with Crippen molar-refractivity contribution in [2.24, 2.45) is 5.41 Å². The summed E-state index contributed by atoms with van der Waals surface area (Å²) >= 11 is 6.36. The number of ether oxygens (including phenoxy) is 1. The zero-order valence-corrected chi connectivity index (χ0v) is 20.4. The molecule has 0 aliphatic carbocycles. The van der Waals surface area contributed by atoms with Crippen molar-refractivity contribution in [3.8, 4) is 5.69 Å². The molecule has 6 heterocycles. The van der Waals surface area contributed by atoms with Crippen molar-refractivity contribution in [2.45, 2.75) is 25.7 Å². The molecule has 1 aromatic carbocycles. The normalized spacial score (nSPS) is 22.0. The highest BCUT2D eigenvalue weighted by Gasteiger charge is 2.53. The van der Waals surface area contributed by atoms with Crippen LogP contribution in [0.25, 0.3) is 5.69 Å². The number of aryl methyl sites for hydroxylation is 1. The summed E-state index contributed by atoms with van der Waals surface area (Å²) in [7, 11) is 0. The number of aromatic nitrogens is 4. The number of fused-ring (bicyclic) bond motifs is 3. The van der Waals surface area contributed by atoms with Crippen LogP contribution in [-0.2, 0) is 17.8 Å². The Morgan fingerprint density at radius 2 is 1.83 bits per heavy atom. The summed E-state index contributed by atoms with van der Waals surface area (Å²) in [6.07, 6.45) is 1.88. The molecular formula is C25H27ClFN7O. The SMILES string of the molecule is Cc1ccnc(N2CC3(C2)CN(c2nnc4n2-c2ccc(Cl)cc2CN(CC2(F)COC2)C4)C3)c1. The van der Waals surface area contributed by atoms with Crippen LogP contribution in [0.2, 0.25) is 5.02 Å². The standard InChI is InChI=1S/C25H27ClFN7O/c1-17-4-5-28-21(6-17)32-10-24(11-32)12-33(13-24)23-30-29-22-9-31(14-25(27)15-35-16-25)8-18-7-19(26)2-3-20(18)34(22)23/h2-7H,8-16H2,1H3. The number of hydrogen-bond donors (Lipinski definition) is 0. The first-order chi connectivity index (χ1) is 16.9. The van der Waals surface area contributed by atoms with E-state index in [-0.39, 0.29) is 18.6 Å². The Morgan fingerprint density at radius 3 is 2.57 bits per heavy atom. The highest BCUT2D eigenvalue weighted by molar-refractivity contribution is 6.30. The highest BCUT2D eigenvalue weighted by atomic mass is 35.5. The average molecular weight is 496 g/mol. The van der Waals surface area contributed by atoms with Gasteiger partial charge in [-0.05, 0) is 48.4 Å². The highest BCUT2D eigenvalue weighted by Crippen LogP contribution is 2.44. The molecule has 0 amide bonds. The van der Waals surface area contributed by atoms with Crippen molar-refractivity contribution in [3.63, 3.8) is 0 Å². The first-order valence-corrected chi connectivity index (χ1v) is 12.4. The topological polar surface area (TPSA) is 62.6 Å². The number of hydrogen-bond acceptors (Lipinski definition) is 7. The number of benzene rings is 1. The van der Waals surface area contributed by atoms with E-state index in [4.69, 9.17) is 16.3 Å². The monoisotopic (exact) mass is 495 g/mol. The average Bonchev–Trinajstić information content (AvgIpc) is 3.07. The second kappa shape index (κ2) is 7.62. The third-order valence-electron chi connectivity index (χ3n) is 7.60. The summed E-state index contributed by atoms with van der Waals surface area (Å²) in [5.41, 5.74) is 2.26. The van der Waals surface area contributed by atoms with E-state index in [0.29, 0.717) is 24.7 Å². The summed E-state index contributed by atoms with van der Waals surface area (Å²) in [4.78, 5) is 11.3. The van der Waals surface area contributed by atoms with Crippen LogP contribution in [0.4, 0.5) is 16.2 Å². The van der Waals surface area contributed by atoms with Crippen LogP contribution >= 0.6 is 11.6 Å². The molecule has 3 saturated heterocycles. The van der Waals surface area contributed by atoms with Crippen LogP contribution < -0.4 is 9.80 Å². The number of rotatable bonds is 4. The Hall–Kier alpha value is -2.75. The third-order valence-corrected chi connectivity index (χ3v) is 7.83. The molecule has 4 aliphatic heterocycles. The molecule has 35 heavy (non-hydrogen) atoms. The maximum atomic E-state index is 14.9. The smallest absolute Gasteiger partial charge is 0.231 e. The van der Waals surface area contributed by atoms with Gasteiger partial charge in [-0.15, -0.1) is 10.2 Å². The molecule has 0 unspecified atom stereocenters. The summed E-state index contributed by atoms with van der Waals surface area (Å²) < 4.78 is 22.2. The summed E-state index contributed by atoms with van der Waals surface area (Å²) in [6.45, 7) is 7.70. The Morgan fingerprint density at radius 1 is 1.03 bits per heavy atom. The van der Waals surface area contributed by atoms with Gasteiger partial charge in [0.15, 0.2) is 11.5 Å². The lowest BCUT2D eigenvalue weighted by atomic mass is 9.73. The molecule has 0 atom stereocenters. The lowest BCUT2D eigenvalue weighted by molar-refractivity contribution is -0.142. The second-order valence-electron chi connectivity index (χ2n) is 10.7. The van der Waals surface area contributed by atoms with Crippen molar-refractivity contribution in [1.29, 1.82) is 0 Å². The molecule has 8 nitrogen and oxygen atoms in total. The molecule has 1 spiro atoms. The molecule has 7 rings (SSSR count). The fourth-order valence-electron chi connectivity index (χ4n) is 5.91. The van der Waals surface area contributed by atoms with Crippen molar-refractivity contribution in [3.05, 3.63) is 58.5 Å². The molecule has 0 N–H and O–H groups in total. The molecular weight excluding hydrogens is 469 g/mol. The summed E-state index contributed by atoms with van der Waals surface area (Å²) in [5, 5.41) is 9.82. The molecule has 3 aromatic rings. The zero-order valence-electron chi connectivity index (χ0n) is 19.6. The van der Waals surface area contributed by atoms with E-state index in [2.05, 4.69) is 47.4 Å². The van der Waals surface area contributed by atoms with Gasteiger partial charge >= 0.3 is 0 Å². The lowest BCUT2D eigenvalue weighted by Crippen LogP contribution is -2.73. The van der Waals surface area contributed by atoms with E-state index in [1.807, 2.05) is 30.5 Å². The van der Waals surface area contributed by atoms with Gasteiger partial charge in [-0.25, -0.2) is 9.37 Å². The minimum atomic E-state index is -1.30. The van der Waals surface area contributed by atoms with Gasteiger partial charge in [0.05, 0.1) is 25.4 Å². The van der Waals surface area contributed by atoms with Gasteiger partial charge in [-0.3, -0.25) is 9.47 Å². The van der Waals surface area contributed by atoms with Gasteiger partial charge in [0, 0.05) is 55.9 Å². The van der Waals surface area contributed by atoms with Crippen LogP contribution in [0, 0.1) is 12.3 Å². The van der Waals surface area contributed by atoms with Gasteiger partial charge in [0.2, 0.25) is 5.95 Å². The largest absolute Gasteiger partial charge is 0.375 e. The fourth-order valence-corrected chi connectivity index (χ4v) is 6.10. The Labute approximate surface area is 208 Å². The van der Waals surface area contributed by atoms with Crippen LogP contribution in [0.1, 0.15) is 17.0 Å². The Kier molecular flexibility index (Phi) is 4.69. The van der Waals surface area contributed by atoms with Crippen molar-refractivity contribution in [2.75, 3.05) is 55.7 Å². The molecule has 0 radical (unpaired) electrons. The number of anilines is 2. The first-order valence-electron chi connectivity index (χ1n) is 12.0. The fraction of sp³-hybridized carbons (Fsp3) is 0.480. The molecule has 4 aliphatic rings. The maximum absolute atomic E-state index is 14.9. The molecule has 10 heteroatoms. The zero-order chi connectivity index (χ0) is 23.8. The predicted molar refractivity (Wildman–Crippen MR) is 131 cm³/mol. The number of halogens is 2. The first kappa shape index (κ1) is 21.5. The number of alkyl halides is 1. The number of nitrogens with zero attached hydrogens (tertiary/aromatic N) is 7.